The van der Waals surface area contributed by atoms with Crippen molar-refractivity contribution in [2.45, 2.75) is 6.61 Å². The number of nitrogens with zero attached hydrogens (tertiary/aromatic N) is 5. The van der Waals surface area contributed by atoms with Gasteiger partial charge in [-0.15, -0.1) is 0 Å². The van der Waals surface area contributed by atoms with Gasteiger partial charge in [-0.1, -0.05) is 12.1 Å². The highest BCUT2D eigenvalue weighted by atomic mass is 19.3. The third-order valence-corrected chi connectivity index (χ3v) is 4.03. The minimum atomic E-state index is -2.85. The summed E-state index contributed by atoms with van der Waals surface area (Å²) < 4.78 is 31.4. The third-order valence-electron chi connectivity index (χ3n) is 4.03. The van der Waals surface area contributed by atoms with E-state index in [-0.39, 0.29) is 5.75 Å². The fourth-order valence-corrected chi connectivity index (χ4v) is 2.96. The number of aryl methyl sites for hydroxylation is 1. The van der Waals surface area contributed by atoms with Crippen LogP contribution < -0.4 is 14.5 Å². The first kappa shape index (κ1) is 16.1. The predicted octanol–water partition coefficient (Wildman–Crippen LogP) is 2.22. The zero-order valence-electron chi connectivity index (χ0n) is 13.2. The number of piperazine rings is 1. The van der Waals surface area contributed by atoms with Gasteiger partial charge in [0.15, 0.2) is 0 Å². The van der Waals surface area contributed by atoms with Gasteiger partial charge in [-0.05, 0) is 12.1 Å². The molecule has 0 saturated carbocycles. The number of nitriles is 1. The van der Waals surface area contributed by atoms with E-state index >= 15 is 0 Å². The largest absolute Gasteiger partial charge is 0.433 e. The van der Waals surface area contributed by atoms with E-state index in [1.807, 2.05) is 4.90 Å². The van der Waals surface area contributed by atoms with Crippen LogP contribution in [0.2, 0.25) is 0 Å². The summed E-state index contributed by atoms with van der Waals surface area (Å²) in [5.41, 5.74) is 1.19. The van der Waals surface area contributed by atoms with Gasteiger partial charge >= 0.3 is 6.61 Å². The van der Waals surface area contributed by atoms with Crippen LogP contribution in [0.1, 0.15) is 5.56 Å². The summed E-state index contributed by atoms with van der Waals surface area (Å²) in [6.07, 6.45) is 1.55. The van der Waals surface area contributed by atoms with E-state index in [1.54, 1.807) is 42.2 Å². The van der Waals surface area contributed by atoms with E-state index in [0.717, 1.165) is 5.82 Å². The summed E-state index contributed by atoms with van der Waals surface area (Å²) >= 11 is 0. The fourth-order valence-electron chi connectivity index (χ4n) is 2.96. The second kappa shape index (κ2) is 6.74. The topological polar surface area (TPSA) is 57.3 Å². The minimum Gasteiger partial charge on any atom is -0.433 e. The maximum absolute atomic E-state index is 12.6. The number of ether oxygens (including phenoxy) is 1. The molecule has 126 valence electrons. The molecule has 0 atom stereocenters. The van der Waals surface area contributed by atoms with E-state index in [0.29, 0.717) is 37.4 Å². The Morgan fingerprint density at radius 2 is 1.83 bits per heavy atom. The van der Waals surface area contributed by atoms with Crippen LogP contribution >= 0.6 is 0 Å². The molecular weight excluding hydrogens is 316 g/mol. The maximum Gasteiger partial charge on any atom is 0.387 e. The van der Waals surface area contributed by atoms with Gasteiger partial charge in [0.1, 0.15) is 23.2 Å². The lowest BCUT2D eigenvalue weighted by Gasteiger charge is -2.37. The number of benzene rings is 1. The van der Waals surface area contributed by atoms with Gasteiger partial charge in [-0.25, -0.2) is 0 Å². The van der Waals surface area contributed by atoms with Gasteiger partial charge in [0.25, 0.3) is 0 Å². The normalized spacial score (nSPS) is 14.8. The summed E-state index contributed by atoms with van der Waals surface area (Å²) in [5, 5.41) is 13.3. The quantitative estimate of drug-likeness (QED) is 0.859. The minimum absolute atomic E-state index is 0.180. The number of halogens is 2. The average Bonchev–Trinajstić information content (AvgIpc) is 2.96. The first-order valence-electron chi connectivity index (χ1n) is 7.56. The van der Waals surface area contributed by atoms with Crippen molar-refractivity contribution >= 4 is 11.5 Å². The Hall–Kier alpha value is -2.82. The van der Waals surface area contributed by atoms with Crippen LogP contribution in [-0.4, -0.2) is 42.6 Å². The summed E-state index contributed by atoms with van der Waals surface area (Å²) in [5.74, 6) is 0.966. The molecule has 1 aromatic heterocycles. The number of rotatable bonds is 4. The van der Waals surface area contributed by atoms with Gasteiger partial charge in [0, 0.05) is 33.2 Å². The van der Waals surface area contributed by atoms with Crippen LogP contribution in [0.4, 0.5) is 20.3 Å². The highest BCUT2D eigenvalue weighted by molar-refractivity contribution is 5.60. The summed E-state index contributed by atoms with van der Waals surface area (Å²) in [4.78, 5) is 4.09. The predicted molar refractivity (Wildman–Crippen MR) is 85.4 cm³/mol. The molecule has 0 radical (unpaired) electrons. The molecule has 1 aromatic carbocycles. The van der Waals surface area contributed by atoms with E-state index in [4.69, 9.17) is 0 Å². The Bertz CT molecular complexity index is 747. The molecule has 24 heavy (non-hydrogen) atoms. The number of hydrogen-bond donors (Lipinski definition) is 0. The fraction of sp³-hybridized carbons (Fsp3) is 0.375. The van der Waals surface area contributed by atoms with Crippen LogP contribution in [-0.2, 0) is 7.05 Å². The monoisotopic (exact) mass is 333 g/mol. The van der Waals surface area contributed by atoms with E-state index < -0.39 is 6.61 Å². The summed E-state index contributed by atoms with van der Waals surface area (Å²) in [6.45, 7) is -0.242. The molecule has 8 heteroatoms. The molecule has 1 fully saturated rings. The number of hydrogen-bond acceptors (Lipinski definition) is 5. The molecule has 1 aliphatic rings. The Morgan fingerprint density at radius 3 is 2.50 bits per heavy atom. The molecule has 1 saturated heterocycles. The molecule has 0 N–H and O–H groups in total. The SMILES string of the molecule is Cn1ncc(C#N)c1N1CCN(c2ccccc2OC(F)F)CC1. The van der Waals surface area contributed by atoms with Gasteiger partial charge in [0.2, 0.25) is 0 Å². The van der Waals surface area contributed by atoms with Crippen molar-refractivity contribution in [1.29, 1.82) is 5.26 Å². The Morgan fingerprint density at radius 1 is 1.17 bits per heavy atom. The first-order chi connectivity index (χ1) is 11.6. The average molecular weight is 333 g/mol. The number of anilines is 2. The highest BCUT2D eigenvalue weighted by Gasteiger charge is 2.24. The number of aromatic nitrogens is 2. The summed E-state index contributed by atoms with van der Waals surface area (Å²) in [6, 6.07) is 8.94. The Labute approximate surface area is 138 Å². The molecule has 2 heterocycles. The molecule has 0 bridgehead atoms. The van der Waals surface area contributed by atoms with Crippen molar-refractivity contribution in [3.63, 3.8) is 0 Å². The molecule has 0 unspecified atom stereocenters. The molecule has 1 aliphatic heterocycles. The second-order valence-electron chi connectivity index (χ2n) is 5.44. The van der Waals surface area contributed by atoms with Crippen molar-refractivity contribution in [3.8, 4) is 11.8 Å². The third kappa shape index (κ3) is 3.11. The van der Waals surface area contributed by atoms with Crippen LogP contribution in [0.25, 0.3) is 0 Å². The molecular formula is C16H17F2N5O. The standard InChI is InChI=1S/C16H17F2N5O/c1-21-15(12(10-19)11-20-21)23-8-6-22(7-9-23)13-4-2-3-5-14(13)24-16(17)18/h2-5,11,16H,6-9H2,1H3. The summed E-state index contributed by atoms with van der Waals surface area (Å²) in [7, 11) is 1.80. The maximum atomic E-state index is 12.6. The van der Waals surface area contributed by atoms with Gasteiger partial charge in [-0.3, -0.25) is 4.68 Å². The Balaban J connectivity index is 1.74. The first-order valence-corrected chi connectivity index (χ1v) is 7.56. The molecule has 2 aromatic rings. The molecule has 0 spiro atoms. The van der Waals surface area contributed by atoms with Crippen molar-refractivity contribution in [2.24, 2.45) is 7.05 Å². The highest BCUT2D eigenvalue weighted by Crippen LogP contribution is 2.31. The van der Waals surface area contributed by atoms with E-state index in [9.17, 15) is 14.0 Å². The Kier molecular flexibility index (Phi) is 4.51. The molecule has 3 rings (SSSR count). The molecule has 0 aliphatic carbocycles. The van der Waals surface area contributed by atoms with Crippen LogP contribution in [0.5, 0.6) is 5.75 Å². The van der Waals surface area contributed by atoms with E-state index in [1.165, 1.54) is 0 Å². The smallest absolute Gasteiger partial charge is 0.387 e. The van der Waals surface area contributed by atoms with Gasteiger partial charge < -0.3 is 14.5 Å². The molecule has 6 nitrogen and oxygen atoms in total. The second-order valence-corrected chi connectivity index (χ2v) is 5.44. The lowest BCUT2D eigenvalue weighted by molar-refractivity contribution is -0.0495. The number of alkyl halides is 2. The van der Waals surface area contributed by atoms with Crippen molar-refractivity contribution in [3.05, 3.63) is 36.0 Å². The van der Waals surface area contributed by atoms with Gasteiger partial charge in [0.05, 0.1) is 11.9 Å². The van der Waals surface area contributed by atoms with Crippen molar-refractivity contribution < 1.29 is 13.5 Å². The number of para-hydroxylation sites is 2. The lowest BCUT2D eigenvalue weighted by Crippen LogP contribution is -2.47. The van der Waals surface area contributed by atoms with Crippen molar-refractivity contribution in [2.75, 3.05) is 36.0 Å². The van der Waals surface area contributed by atoms with Crippen LogP contribution in [0.15, 0.2) is 30.5 Å². The van der Waals surface area contributed by atoms with Crippen LogP contribution in [0, 0.1) is 11.3 Å². The van der Waals surface area contributed by atoms with Crippen molar-refractivity contribution in [1.82, 2.24) is 9.78 Å². The zero-order valence-corrected chi connectivity index (χ0v) is 13.2. The van der Waals surface area contributed by atoms with Gasteiger partial charge in [-0.2, -0.15) is 19.1 Å². The lowest BCUT2D eigenvalue weighted by atomic mass is 10.2. The van der Waals surface area contributed by atoms with E-state index in [2.05, 4.69) is 20.8 Å². The van der Waals surface area contributed by atoms with Crippen LogP contribution in [0.3, 0.4) is 0 Å². The molecule has 0 amide bonds. The zero-order chi connectivity index (χ0) is 17.1.